The van der Waals surface area contributed by atoms with E-state index in [0.29, 0.717) is 0 Å². The molecule has 0 atom stereocenters. The van der Waals surface area contributed by atoms with Gasteiger partial charge in [0, 0.05) is 38.7 Å². The fourth-order valence-corrected chi connectivity index (χ4v) is 12.5. The van der Waals surface area contributed by atoms with Crippen LogP contribution in [0.4, 0.5) is 0 Å². The first-order chi connectivity index (χ1) is 25.2. The number of hydrogen-bond donors (Lipinski definition) is 0. The van der Waals surface area contributed by atoms with E-state index in [9.17, 15) is 0 Å². The number of thiophene rings is 2. The molecule has 0 bridgehead atoms. The highest BCUT2D eigenvalue weighted by Gasteiger charge is 2.40. The molecule has 9 aromatic rings. The van der Waals surface area contributed by atoms with Gasteiger partial charge < -0.3 is 0 Å². The standard InChI is InChI=1S/C46H27BS4/c1-3-11-28(12-4-1)42-25-32-23-30(19-21-38(32)48-42)34-27-35(31-20-22-39-33(24-31)26-43(49-39)29-13-5-2-6-14-29)46-44-45(34)50-40-17-9-7-15-36(40)47(44)37-16-8-10-18-41(37)51-46/h1-27H. The van der Waals surface area contributed by atoms with E-state index in [4.69, 9.17) is 0 Å². The molecule has 0 radical (unpaired) electrons. The molecule has 0 saturated heterocycles. The molecule has 2 aromatic heterocycles. The van der Waals surface area contributed by atoms with Gasteiger partial charge >= 0.3 is 0 Å². The third-order valence-electron chi connectivity index (χ3n) is 10.2. The summed E-state index contributed by atoms with van der Waals surface area (Å²) in [5.41, 5.74) is 12.0. The molecule has 2 aliphatic heterocycles. The highest BCUT2D eigenvalue weighted by atomic mass is 32.2. The molecule has 0 N–H and O–H groups in total. The Morgan fingerprint density at radius 3 is 1.31 bits per heavy atom. The third kappa shape index (κ3) is 4.91. The van der Waals surface area contributed by atoms with Gasteiger partial charge in [0.15, 0.2) is 0 Å². The Morgan fingerprint density at radius 1 is 0.373 bits per heavy atom. The number of benzene rings is 7. The summed E-state index contributed by atoms with van der Waals surface area (Å²) in [6.07, 6.45) is 0. The second kappa shape index (κ2) is 11.9. The average molecular weight is 719 g/mol. The molecular formula is C46H27BS4. The van der Waals surface area contributed by atoms with Gasteiger partial charge in [-0.3, -0.25) is 0 Å². The van der Waals surface area contributed by atoms with Gasteiger partial charge in [-0.2, -0.15) is 0 Å². The van der Waals surface area contributed by atoms with E-state index in [1.807, 2.05) is 46.2 Å². The summed E-state index contributed by atoms with van der Waals surface area (Å²) in [6, 6.07) is 61.1. The number of rotatable bonds is 4. The molecule has 238 valence electrons. The quantitative estimate of drug-likeness (QED) is 0.166. The van der Waals surface area contributed by atoms with Crippen LogP contribution in [0, 0.1) is 0 Å². The van der Waals surface area contributed by atoms with Gasteiger partial charge in [-0.1, -0.05) is 144 Å². The molecule has 0 amide bonds. The van der Waals surface area contributed by atoms with Gasteiger partial charge in [0.25, 0.3) is 0 Å². The normalized spacial score (nSPS) is 12.9. The maximum Gasteiger partial charge on any atom is 0.247 e. The van der Waals surface area contributed by atoms with Crippen LogP contribution in [0.3, 0.4) is 0 Å². The molecule has 0 saturated carbocycles. The molecule has 4 heterocycles. The van der Waals surface area contributed by atoms with Crippen LogP contribution in [0.25, 0.3) is 63.3 Å². The molecule has 0 nitrogen and oxygen atoms in total. The van der Waals surface area contributed by atoms with Gasteiger partial charge in [-0.15, -0.1) is 22.7 Å². The van der Waals surface area contributed by atoms with E-state index in [2.05, 4.69) is 164 Å². The second-order valence-corrected chi connectivity index (χ2v) is 17.5. The Hall–Kier alpha value is -4.78. The zero-order valence-corrected chi connectivity index (χ0v) is 30.6. The Morgan fingerprint density at radius 2 is 0.824 bits per heavy atom. The maximum atomic E-state index is 2.50. The molecule has 0 aliphatic carbocycles. The first-order valence-electron chi connectivity index (χ1n) is 17.2. The number of hydrogen-bond acceptors (Lipinski definition) is 4. The predicted octanol–water partition coefficient (Wildman–Crippen LogP) is 12.2. The van der Waals surface area contributed by atoms with E-state index in [-0.39, 0.29) is 6.71 Å². The molecule has 0 unspecified atom stereocenters. The Balaban J connectivity index is 1.15. The van der Waals surface area contributed by atoms with Crippen LogP contribution < -0.4 is 16.4 Å². The lowest BCUT2D eigenvalue weighted by Gasteiger charge is -2.35. The van der Waals surface area contributed by atoms with Gasteiger partial charge in [0.2, 0.25) is 6.71 Å². The van der Waals surface area contributed by atoms with Crippen LogP contribution in [-0.2, 0) is 0 Å². The highest BCUT2D eigenvalue weighted by molar-refractivity contribution is 8.01. The van der Waals surface area contributed by atoms with Crippen LogP contribution in [0.1, 0.15) is 0 Å². The van der Waals surface area contributed by atoms with Crippen LogP contribution in [-0.4, -0.2) is 6.71 Å². The summed E-state index contributed by atoms with van der Waals surface area (Å²) in [7, 11) is 0. The van der Waals surface area contributed by atoms with Gasteiger partial charge in [-0.25, -0.2) is 0 Å². The first-order valence-corrected chi connectivity index (χ1v) is 20.4. The monoisotopic (exact) mass is 718 g/mol. The summed E-state index contributed by atoms with van der Waals surface area (Å²) in [4.78, 5) is 8.11. The van der Waals surface area contributed by atoms with Crippen molar-refractivity contribution in [3.05, 3.63) is 164 Å². The SMILES string of the molecule is c1ccc(-c2cc3cc(-c4cc(-c5ccc6sc(-c7ccccc7)cc6c5)c5c6c4Sc4ccccc4B6c4ccccc4S5)ccc3s2)cc1. The number of fused-ring (bicyclic) bond motifs is 6. The van der Waals surface area contributed by atoms with Crippen molar-refractivity contribution in [3.8, 4) is 43.1 Å². The Labute approximate surface area is 313 Å². The van der Waals surface area contributed by atoms with Gasteiger partial charge in [0.05, 0.1) is 0 Å². The van der Waals surface area contributed by atoms with Crippen molar-refractivity contribution in [3.63, 3.8) is 0 Å². The molecule has 11 rings (SSSR count). The molecule has 2 aliphatic rings. The van der Waals surface area contributed by atoms with Crippen molar-refractivity contribution in [2.45, 2.75) is 19.6 Å². The van der Waals surface area contributed by atoms with Crippen LogP contribution in [0.15, 0.2) is 183 Å². The lowest BCUT2D eigenvalue weighted by Crippen LogP contribution is -2.58. The summed E-state index contributed by atoms with van der Waals surface area (Å²) < 4.78 is 2.64. The fraction of sp³-hybridized carbons (Fsp3) is 0. The van der Waals surface area contributed by atoms with E-state index in [0.717, 1.165) is 0 Å². The van der Waals surface area contributed by atoms with Crippen molar-refractivity contribution in [1.29, 1.82) is 0 Å². The van der Waals surface area contributed by atoms with E-state index < -0.39 is 0 Å². The largest absolute Gasteiger partial charge is 0.247 e. The topological polar surface area (TPSA) is 0 Å². The van der Waals surface area contributed by atoms with Crippen molar-refractivity contribution < 1.29 is 0 Å². The molecule has 0 fully saturated rings. The minimum Gasteiger partial charge on any atom is -0.135 e. The van der Waals surface area contributed by atoms with E-state index in [1.54, 1.807) is 0 Å². The summed E-state index contributed by atoms with van der Waals surface area (Å²) >= 11 is 7.65. The zero-order valence-electron chi connectivity index (χ0n) is 27.3. The van der Waals surface area contributed by atoms with Gasteiger partial charge in [-0.05, 0) is 104 Å². The lowest BCUT2D eigenvalue weighted by atomic mass is 9.36. The minimum atomic E-state index is 0.188. The lowest BCUT2D eigenvalue weighted by molar-refractivity contribution is 1.33. The van der Waals surface area contributed by atoms with Crippen LogP contribution >= 0.6 is 46.2 Å². The van der Waals surface area contributed by atoms with Crippen molar-refractivity contribution in [2.24, 2.45) is 0 Å². The van der Waals surface area contributed by atoms with Crippen LogP contribution in [0.5, 0.6) is 0 Å². The van der Waals surface area contributed by atoms with E-state index in [1.165, 1.54) is 99.3 Å². The molecule has 7 aromatic carbocycles. The molecule has 0 spiro atoms. The maximum absolute atomic E-state index is 2.50. The summed E-state index contributed by atoms with van der Waals surface area (Å²) in [5.74, 6) is 0. The van der Waals surface area contributed by atoms with Gasteiger partial charge in [0.1, 0.15) is 0 Å². The molecule has 51 heavy (non-hydrogen) atoms. The summed E-state index contributed by atoms with van der Waals surface area (Å²) in [6.45, 7) is 0.188. The zero-order chi connectivity index (χ0) is 33.5. The minimum absolute atomic E-state index is 0.188. The molecule has 5 heteroatoms. The first kappa shape index (κ1) is 29.9. The fourth-order valence-electron chi connectivity index (χ4n) is 7.81. The smallest absolute Gasteiger partial charge is 0.135 e. The molecular weight excluding hydrogens is 692 g/mol. The Bertz CT molecular complexity index is 2620. The second-order valence-electron chi connectivity index (χ2n) is 13.2. The van der Waals surface area contributed by atoms with Crippen molar-refractivity contribution in [2.75, 3.05) is 0 Å². The Kier molecular flexibility index (Phi) is 6.98. The predicted molar refractivity (Wildman–Crippen MR) is 225 cm³/mol. The van der Waals surface area contributed by atoms with E-state index >= 15 is 0 Å². The summed E-state index contributed by atoms with van der Waals surface area (Å²) in [5, 5.41) is 2.60. The van der Waals surface area contributed by atoms with Crippen molar-refractivity contribution >= 4 is 89.5 Å². The van der Waals surface area contributed by atoms with Crippen LogP contribution in [0.2, 0.25) is 0 Å². The highest BCUT2D eigenvalue weighted by Crippen LogP contribution is 2.48. The average Bonchev–Trinajstić information content (AvgIpc) is 3.83. The van der Waals surface area contributed by atoms with Crippen molar-refractivity contribution in [1.82, 2.24) is 0 Å². The third-order valence-corrected chi connectivity index (χ3v) is 15.0.